The van der Waals surface area contributed by atoms with Crippen LogP contribution in [0.15, 0.2) is 73.1 Å². The number of imidazole rings is 1. The second-order valence-electron chi connectivity index (χ2n) is 5.20. The number of fused-ring (bicyclic) bond motifs is 1. The summed E-state index contributed by atoms with van der Waals surface area (Å²) in [5.41, 5.74) is 3.23. The van der Waals surface area contributed by atoms with Crippen molar-refractivity contribution < 1.29 is 4.79 Å². The van der Waals surface area contributed by atoms with Crippen LogP contribution in [0.25, 0.3) is 16.7 Å². The fraction of sp³-hybridized carbons (Fsp3) is 0. The summed E-state index contributed by atoms with van der Waals surface area (Å²) in [6, 6.07) is 19.0. The van der Waals surface area contributed by atoms with Gasteiger partial charge in [-0.15, -0.1) is 0 Å². The van der Waals surface area contributed by atoms with Gasteiger partial charge in [0.1, 0.15) is 0 Å². The second kappa shape index (κ2) is 5.46. The van der Waals surface area contributed by atoms with Gasteiger partial charge < -0.3 is 9.55 Å². The molecule has 2 N–H and O–H groups in total. The average molecular weight is 302 g/mol. The van der Waals surface area contributed by atoms with Crippen LogP contribution in [-0.2, 0) is 0 Å². The number of aromatic nitrogens is 3. The lowest BCUT2D eigenvalue weighted by molar-refractivity contribution is 0.102. The lowest BCUT2D eigenvalue weighted by Crippen LogP contribution is -2.13. The van der Waals surface area contributed by atoms with E-state index in [-0.39, 0.29) is 5.91 Å². The Morgan fingerprint density at radius 2 is 1.83 bits per heavy atom. The van der Waals surface area contributed by atoms with Gasteiger partial charge in [-0.2, -0.15) is 0 Å². The minimum Gasteiger partial charge on any atom is -0.324 e. The Bertz CT molecular complexity index is 937. The number of nitrogens with one attached hydrogen (secondary N) is 2. The number of carbonyl (C=O) groups is 1. The van der Waals surface area contributed by atoms with Crippen LogP contribution in [-0.4, -0.2) is 20.4 Å². The molecule has 23 heavy (non-hydrogen) atoms. The molecule has 0 fully saturated rings. The fourth-order valence-electron chi connectivity index (χ4n) is 2.51. The minimum atomic E-state index is -0.196. The molecule has 5 nitrogen and oxygen atoms in total. The SMILES string of the molecule is O=C(Nc1nc2ccccc2[nH]1)c1cccc(-n2cccc2)c1. The number of aromatic amines is 1. The molecule has 0 bridgehead atoms. The lowest BCUT2D eigenvalue weighted by atomic mass is 10.2. The first-order valence-corrected chi connectivity index (χ1v) is 7.29. The molecule has 0 aliphatic rings. The first kappa shape index (κ1) is 13.3. The summed E-state index contributed by atoms with van der Waals surface area (Å²) in [5.74, 6) is 0.251. The van der Waals surface area contributed by atoms with Gasteiger partial charge in [-0.05, 0) is 42.5 Å². The van der Waals surface area contributed by atoms with Crippen LogP contribution < -0.4 is 5.32 Å². The summed E-state index contributed by atoms with van der Waals surface area (Å²) >= 11 is 0. The highest BCUT2D eigenvalue weighted by molar-refractivity contribution is 6.04. The van der Waals surface area contributed by atoms with Gasteiger partial charge in [-0.1, -0.05) is 18.2 Å². The van der Waals surface area contributed by atoms with Gasteiger partial charge in [0.25, 0.3) is 5.91 Å². The first-order chi connectivity index (χ1) is 11.3. The molecule has 0 aliphatic carbocycles. The number of hydrogen-bond acceptors (Lipinski definition) is 2. The maximum atomic E-state index is 12.4. The van der Waals surface area contributed by atoms with Crippen LogP contribution >= 0.6 is 0 Å². The number of benzene rings is 2. The Balaban J connectivity index is 1.60. The molecule has 0 saturated carbocycles. The van der Waals surface area contributed by atoms with Gasteiger partial charge in [0.15, 0.2) is 0 Å². The Morgan fingerprint density at radius 1 is 1.00 bits per heavy atom. The first-order valence-electron chi connectivity index (χ1n) is 7.29. The lowest BCUT2D eigenvalue weighted by Gasteiger charge is -2.06. The van der Waals surface area contributed by atoms with Crippen molar-refractivity contribution in [2.24, 2.45) is 0 Å². The Morgan fingerprint density at radius 3 is 2.65 bits per heavy atom. The van der Waals surface area contributed by atoms with Crippen molar-refractivity contribution in [3.63, 3.8) is 0 Å². The summed E-state index contributed by atoms with van der Waals surface area (Å²) in [5, 5.41) is 2.81. The van der Waals surface area contributed by atoms with E-state index >= 15 is 0 Å². The van der Waals surface area contributed by atoms with Crippen LogP contribution in [0.2, 0.25) is 0 Å². The molecule has 112 valence electrons. The zero-order valence-corrected chi connectivity index (χ0v) is 12.2. The normalized spacial score (nSPS) is 10.8. The highest BCUT2D eigenvalue weighted by Crippen LogP contribution is 2.15. The number of rotatable bonds is 3. The van der Waals surface area contributed by atoms with Crippen molar-refractivity contribution in [2.75, 3.05) is 5.32 Å². The number of H-pyrrole nitrogens is 1. The van der Waals surface area contributed by atoms with Crippen molar-refractivity contribution in [2.45, 2.75) is 0 Å². The molecule has 2 aromatic heterocycles. The number of amides is 1. The monoisotopic (exact) mass is 302 g/mol. The zero-order valence-electron chi connectivity index (χ0n) is 12.2. The summed E-state index contributed by atoms with van der Waals surface area (Å²) in [6.07, 6.45) is 3.88. The van der Waals surface area contributed by atoms with Gasteiger partial charge in [0.05, 0.1) is 11.0 Å². The molecule has 2 aromatic carbocycles. The molecular formula is C18H14N4O. The Labute approximate surface area is 132 Å². The third kappa shape index (κ3) is 2.60. The van der Waals surface area contributed by atoms with Crippen LogP contribution in [0.5, 0.6) is 0 Å². The summed E-state index contributed by atoms with van der Waals surface area (Å²) in [7, 11) is 0. The van der Waals surface area contributed by atoms with E-state index in [1.807, 2.05) is 71.6 Å². The highest BCUT2D eigenvalue weighted by atomic mass is 16.1. The van der Waals surface area contributed by atoms with E-state index in [0.29, 0.717) is 11.5 Å². The topological polar surface area (TPSA) is 62.7 Å². The van der Waals surface area contributed by atoms with Gasteiger partial charge in [-0.25, -0.2) is 4.98 Å². The smallest absolute Gasteiger partial charge is 0.258 e. The van der Waals surface area contributed by atoms with E-state index in [4.69, 9.17) is 0 Å². The largest absolute Gasteiger partial charge is 0.324 e. The molecule has 0 radical (unpaired) electrons. The number of nitrogens with zero attached hydrogens (tertiary/aromatic N) is 2. The number of para-hydroxylation sites is 2. The third-order valence-corrected chi connectivity index (χ3v) is 3.63. The zero-order chi connectivity index (χ0) is 15.6. The number of hydrogen-bond donors (Lipinski definition) is 2. The van der Waals surface area contributed by atoms with E-state index in [0.717, 1.165) is 16.7 Å². The minimum absolute atomic E-state index is 0.196. The van der Waals surface area contributed by atoms with E-state index in [2.05, 4.69) is 15.3 Å². The Hall–Kier alpha value is -3.34. The molecule has 0 unspecified atom stereocenters. The van der Waals surface area contributed by atoms with Crippen molar-refractivity contribution in [3.8, 4) is 5.69 Å². The van der Waals surface area contributed by atoms with Crippen molar-refractivity contribution in [3.05, 3.63) is 78.6 Å². The highest BCUT2D eigenvalue weighted by Gasteiger charge is 2.10. The molecule has 1 amide bonds. The van der Waals surface area contributed by atoms with Gasteiger partial charge in [0, 0.05) is 23.6 Å². The third-order valence-electron chi connectivity index (χ3n) is 3.63. The predicted octanol–water partition coefficient (Wildman–Crippen LogP) is 3.61. The Kier molecular flexibility index (Phi) is 3.16. The number of anilines is 1. The average Bonchev–Trinajstić information content (AvgIpc) is 3.24. The van der Waals surface area contributed by atoms with Crippen LogP contribution in [0, 0.1) is 0 Å². The van der Waals surface area contributed by atoms with Gasteiger partial charge in [-0.3, -0.25) is 10.1 Å². The van der Waals surface area contributed by atoms with Gasteiger partial charge >= 0.3 is 0 Å². The molecule has 4 aromatic rings. The van der Waals surface area contributed by atoms with E-state index in [1.54, 1.807) is 6.07 Å². The van der Waals surface area contributed by atoms with E-state index < -0.39 is 0 Å². The maximum Gasteiger partial charge on any atom is 0.258 e. The number of carbonyl (C=O) groups excluding carboxylic acids is 1. The standard InChI is InChI=1S/C18H14N4O/c23-17(21-18-19-15-8-1-2-9-16(15)20-18)13-6-5-7-14(12-13)22-10-3-4-11-22/h1-12H,(H2,19,20,21,23). The van der Waals surface area contributed by atoms with E-state index in [1.165, 1.54) is 0 Å². The molecule has 4 rings (SSSR count). The van der Waals surface area contributed by atoms with Gasteiger partial charge in [0.2, 0.25) is 5.95 Å². The van der Waals surface area contributed by atoms with Crippen LogP contribution in [0.4, 0.5) is 5.95 Å². The quantitative estimate of drug-likeness (QED) is 0.607. The summed E-state index contributed by atoms with van der Waals surface area (Å²) < 4.78 is 1.96. The molecule has 0 atom stereocenters. The molecular weight excluding hydrogens is 288 g/mol. The van der Waals surface area contributed by atoms with Crippen molar-refractivity contribution in [1.82, 2.24) is 14.5 Å². The molecule has 0 aliphatic heterocycles. The summed E-state index contributed by atoms with van der Waals surface area (Å²) in [4.78, 5) is 19.9. The summed E-state index contributed by atoms with van der Waals surface area (Å²) in [6.45, 7) is 0. The predicted molar refractivity (Wildman–Crippen MR) is 89.8 cm³/mol. The molecule has 0 saturated heterocycles. The fourth-order valence-corrected chi connectivity index (χ4v) is 2.51. The van der Waals surface area contributed by atoms with Crippen molar-refractivity contribution in [1.29, 1.82) is 0 Å². The second-order valence-corrected chi connectivity index (χ2v) is 5.20. The molecule has 0 spiro atoms. The van der Waals surface area contributed by atoms with Crippen LogP contribution in [0.3, 0.4) is 0 Å². The van der Waals surface area contributed by atoms with Crippen molar-refractivity contribution >= 4 is 22.9 Å². The van der Waals surface area contributed by atoms with E-state index in [9.17, 15) is 4.79 Å². The molecule has 2 heterocycles. The molecule has 5 heteroatoms. The maximum absolute atomic E-state index is 12.4. The van der Waals surface area contributed by atoms with Crippen LogP contribution in [0.1, 0.15) is 10.4 Å².